The highest BCUT2D eigenvalue weighted by molar-refractivity contribution is 5.93. The number of nitrogens with zero attached hydrogens (tertiary/aromatic N) is 1. The fourth-order valence-electron chi connectivity index (χ4n) is 7.87. The van der Waals surface area contributed by atoms with Gasteiger partial charge in [0.15, 0.2) is 6.29 Å². The lowest BCUT2D eigenvalue weighted by Gasteiger charge is -2.39. The van der Waals surface area contributed by atoms with Crippen LogP contribution in [0.25, 0.3) is 11.1 Å². The average molecular weight is 759 g/mol. The van der Waals surface area contributed by atoms with E-state index in [0.717, 1.165) is 78.6 Å². The first-order valence-corrected chi connectivity index (χ1v) is 20.3. The van der Waals surface area contributed by atoms with E-state index in [1.54, 1.807) is 12.1 Å². The number of benzene rings is 4. The van der Waals surface area contributed by atoms with Gasteiger partial charge in [-0.25, -0.2) is 0 Å². The number of aliphatic hydroxyl groups excluding tert-OH is 1. The minimum absolute atomic E-state index is 0.00931. The topological polar surface area (TPSA) is 126 Å². The summed E-state index contributed by atoms with van der Waals surface area (Å²) < 4.78 is 13.5. The second-order valence-electron chi connectivity index (χ2n) is 15.2. The Balaban J connectivity index is 1.02. The number of nitrogen functional groups attached to an aromatic ring is 1. The number of hydrogen-bond donors (Lipinski definition) is 4. The SMILES string of the molecule is C=CCN(CC1CC(c2ccc(CO)cc2)OC(c2cccc(-c3cccc(CNC(=O)CCCCCCC(=O)Nc4ccccc4N)c3)c2)O1)C1CCCC1. The molecule has 5 N–H and O–H groups in total. The van der Waals surface area contributed by atoms with Gasteiger partial charge in [-0.1, -0.05) is 105 Å². The summed E-state index contributed by atoms with van der Waals surface area (Å²) in [5.74, 6) is -0.0224. The first kappa shape index (κ1) is 40.9. The van der Waals surface area contributed by atoms with Crippen LogP contribution in [0.2, 0.25) is 0 Å². The first-order chi connectivity index (χ1) is 27.4. The summed E-state index contributed by atoms with van der Waals surface area (Å²) in [4.78, 5) is 27.5. The Hall–Kier alpha value is -4.80. The lowest BCUT2D eigenvalue weighted by molar-refractivity contribution is -0.253. The number of carbonyl (C=O) groups excluding carboxylic acids is 2. The number of hydrogen-bond acceptors (Lipinski definition) is 7. The molecule has 56 heavy (non-hydrogen) atoms. The smallest absolute Gasteiger partial charge is 0.224 e. The molecule has 9 nitrogen and oxygen atoms in total. The third-order valence-corrected chi connectivity index (χ3v) is 11.0. The zero-order valence-corrected chi connectivity index (χ0v) is 32.5. The first-order valence-electron chi connectivity index (χ1n) is 20.3. The van der Waals surface area contributed by atoms with E-state index >= 15 is 0 Å². The minimum Gasteiger partial charge on any atom is -0.397 e. The van der Waals surface area contributed by atoms with Crippen LogP contribution in [-0.2, 0) is 32.2 Å². The molecule has 6 rings (SSSR count). The van der Waals surface area contributed by atoms with Crippen LogP contribution < -0.4 is 16.4 Å². The molecule has 4 aromatic carbocycles. The molecule has 1 aliphatic carbocycles. The molecule has 1 aliphatic heterocycles. The van der Waals surface area contributed by atoms with Crippen molar-refractivity contribution >= 4 is 23.2 Å². The predicted molar refractivity (Wildman–Crippen MR) is 223 cm³/mol. The number of carbonyl (C=O) groups is 2. The summed E-state index contributed by atoms with van der Waals surface area (Å²) >= 11 is 0. The molecule has 2 fully saturated rings. The van der Waals surface area contributed by atoms with Crippen molar-refractivity contribution in [2.75, 3.05) is 24.1 Å². The summed E-state index contributed by atoms with van der Waals surface area (Å²) in [7, 11) is 0. The van der Waals surface area contributed by atoms with Gasteiger partial charge in [0.25, 0.3) is 0 Å². The number of unbranched alkanes of at least 4 members (excludes halogenated alkanes) is 3. The molecule has 0 aromatic heterocycles. The lowest BCUT2D eigenvalue weighted by Crippen LogP contribution is -2.43. The number of rotatable bonds is 19. The highest BCUT2D eigenvalue weighted by atomic mass is 16.7. The van der Waals surface area contributed by atoms with Gasteiger partial charge >= 0.3 is 0 Å². The standard InChI is InChI=1S/C47H58N4O5/c1-2-27-51(40-17-7-8-18-40)32-41-30-44(36-25-23-34(33-52)24-26-36)56-47(55-41)39-16-12-15-38(29-39)37-14-11-13-35(28-37)31-49-45(53)21-5-3-4-6-22-46(54)50-43-20-10-9-19-42(43)48/h2,9-16,19-20,23-26,28-29,40-41,44,47,52H,1,3-8,17-18,21-22,27,30-33,48H2,(H,49,53)(H,50,54). The van der Waals surface area contributed by atoms with E-state index in [1.165, 1.54) is 25.7 Å². The zero-order valence-electron chi connectivity index (χ0n) is 32.5. The normalized spacial score (nSPS) is 18.5. The molecule has 1 heterocycles. The monoisotopic (exact) mass is 758 g/mol. The van der Waals surface area contributed by atoms with Crippen molar-refractivity contribution in [3.8, 4) is 11.1 Å². The number of nitrogens with one attached hydrogen (secondary N) is 2. The second kappa shape index (κ2) is 20.9. The van der Waals surface area contributed by atoms with Crippen molar-refractivity contribution in [2.45, 2.75) is 108 Å². The fourth-order valence-corrected chi connectivity index (χ4v) is 7.87. The molecule has 0 bridgehead atoms. The summed E-state index contributed by atoms with van der Waals surface area (Å²) in [6.07, 6.45) is 11.2. The fraction of sp³-hybridized carbons (Fsp3) is 0.404. The van der Waals surface area contributed by atoms with Crippen LogP contribution in [0.4, 0.5) is 11.4 Å². The van der Waals surface area contributed by atoms with Crippen LogP contribution in [0.3, 0.4) is 0 Å². The van der Waals surface area contributed by atoms with Gasteiger partial charge in [0.1, 0.15) is 0 Å². The molecule has 1 saturated carbocycles. The average Bonchev–Trinajstić information content (AvgIpc) is 3.78. The molecule has 2 amide bonds. The summed E-state index contributed by atoms with van der Waals surface area (Å²) in [5, 5.41) is 15.6. The van der Waals surface area contributed by atoms with E-state index in [9.17, 15) is 14.7 Å². The van der Waals surface area contributed by atoms with E-state index in [4.69, 9.17) is 15.2 Å². The van der Waals surface area contributed by atoms with Crippen LogP contribution in [0.5, 0.6) is 0 Å². The molecule has 1 saturated heterocycles. The highest BCUT2D eigenvalue weighted by Crippen LogP contribution is 2.39. The van der Waals surface area contributed by atoms with E-state index < -0.39 is 6.29 Å². The number of para-hydroxylation sites is 2. The van der Waals surface area contributed by atoms with E-state index in [2.05, 4.69) is 70.6 Å². The number of anilines is 2. The highest BCUT2D eigenvalue weighted by Gasteiger charge is 2.34. The number of aliphatic hydroxyl groups is 1. The number of amides is 2. The third-order valence-electron chi connectivity index (χ3n) is 11.0. The molecule has 4 aromatic rings. The second-order valence-corrected chi connectivity index (χ2v) is 15.2. The molecule has 2 aliphatic rings. The molecule has 0 radical (unpaired) electrons. The van der Waals surface area contributed by atoms with Crippen molar-refractivity contribution in [3.63, 3.8) is 0 Å². The molecular weight excluding hydrogens is 701 g/mol. The summed E-state index contributed by atoms with van der Waals surface area (Å²) in [6, 6.07) is 32.5. The van der Waals surface area contributed by atoms with Crippen molar-refractivity contribution < 1.29 is 24.2 Å². The van der Waals surface area contributed by atoms with Crippen LogP contribution in [0.15, 0.2) is 110 Å². The van der Waals surface area contributed by atoms with E-state index in [1.807, 2.05) is 42.5 Å². The van der Waals surface area contributed by atoms with E-state index in [0.29, 0.717) is 36.8 Å². The Morgan fingerprint density at radius 2 is 1.52 bits per heavy atom. The molecule has 0 spiro atoms. The largest absolute Gasteiger partial charge is 0.397 e. The molecule has 3 atom stereocenters. The van der Waals surface area contributed by atoms with Gasteiger partial charge in [-0.3, -0.25) is 14.5 Å². The van der Waals surface area contributed by atoms with Crippen molar-refractivity contribution in [3.05, 3.63) is 132 Å². The van der Waals surface area contributed by atoms with Crippen LogP contribution in [0, 0.1) is 0 Å². The Morgan fingerprint density at radius 1 is 0.804 bits per heavy atom. The van der Waals surface area contributed by atoms with Crippen LogP contribution >= 0.6 is 0 Å². The van der Waals surface area contributed by atoms with Gasteiger partial charge in [-0.2, -0.15) is 0 Å². The maximum atomic E-state index is 12.7. The van der Waals surface area contributed by atoms with Crippen molar-refractivity contribution in [2.24, 2.45) is 0 Å². The molecule has 3 unspecified atom stereocenters. The van der Waals surface area contributed by atoms with E-state index in [-0.39, 0.29) is 30.6 Å². The predicted octanol–water partition coefficient (Wildman–Crippen LogP) is 9.00. The third kappa shape index (κ3) is 11.9. The minimum atomic E-state index is -0.543. The molecule has 9 heteroatoms. The Kier molecular flexibility index (Phi) is 15.3. The van der Waals surface area contributed by atoms with Crippen molar-refractivity contribution in [1.29, 1.82) is 0 Å². The quantitative estimate of drug-likeness (QED) is 0.0427. The summed E-state index contributed by atoms with van der Waals surface area (Å²) in [5.41, 5.74) is 13.2. The maximum absolute atomic E-state index is 12.7. The Morgan fingerprint density at radius 3 is 2.25 bits per heavy atom. The van der Waals surface area contributed by atoms with Crippen LogP contribution in [0.1, 0.15) is 105 Å². The van der Waals surface area contributed by atoms with Gasteiger partial charge in [0, 0.05) is 50.5 Å². The van der Waals surface area contributed by atoms with Gasteiger partial charge in [-0.15, -0.1) is 6.58 Å². The van der Waals surface area contributed by atoms with Gasteiger partial charge in [-0.05, 0) is 77.8 Å². The lowest BCUT2D eigenvalue weighted by atomic mass is 9.98. The molecular formula is C47H58N4O5. The molecule has 296 valence electrons. The van der Waals surface area contributed by atoms with Gasteiger partial charge < -0.3 is 30.9 Å². The van der Waals surface area contributed by atoms with Crippen molar-refractivity contribution in [1.82, 2.24) is 10.2 Å². The van der Waals surface area contributed by atoms with Gasteiger partial charge in [0.05, 0.1) is 30.2 Å². The zero-order chi connectivity index (χ0) is 39.1. The number of ether oxygens (including phenoxy) is 2. The maximum Gasteiger partial charge on any atom is 0.224 e. The number of nitrogens with two attached hydrogens (primary N) is 1. The Bertz CT molecular complexity index is 1870. The summed E-state index contributed by atoms with van der Waals surface area (Å²) in [6.45, 7) is 6.16. The Labute approximate surface area is 332 Å². The van der Waals surface area contributed by atoms with Gasteiger partial charge in [0.2, 0.25) is 11.8 Å². The van der Waals surface area contributed by atoms with Crippen LogP contribution in [-0.4, -0.2) is 47.1 Å².